The first-order valence-corrected chi connectivity index (χ1v) is 6.47. The lowest BCUT2D eigenvalue weighted by molar-refractivity contribution is 0.0503. The lowest BCUT2D eigenvalue weighted by atomic mass is 10.5. The highest BCUT2D eigenvalue weighted by atomic mass is 32.2. The van der Waals surface area contributed by atoms with Crippen LogP contribution in [0, 0.1) is 0 Å². The Balaban J connectivity index is 0.000000140. The van der Waals surface area contributed by atoms with Gasteiger partial charge >= 0.3 is 0 Å². The molecular formula is C10H22N2OS. The summed E-state index contributed by atoms with van der Waals surface area (Å²) in [5, 5.41) is 0. The van der Waals surface area contributed by atoms with Crippen molar-refractivity contribution in [2.24, 2.45) is 0 Å². The first kappa shape index (κ1) is 12.3. The summed E-state index contributed by atoms with van der Waals surface area (Å²) in [6.07, 6.45) is 0. The third-order valence-corrected chi connectivity index (χ3v) is 3.41. The van der Waals surface area contributed by atoms with E-state index in [1.54, 1.807) is 0 Å². The van der Waals surface area contributed by atoms with E-state index in [1.165, 1.54) is 24.6 Å². The van der Waals surface area contributed by atoms with Crippen molar-refractivity contribution >= 4 is 11.8 Å². The molecule has 2 rings (SSSR count). The highest BCUT2D eigenvalue weighted by Gasteiger charge is 2.03. The fraction of sp³-hybridized carbons (Fsp3) is 1.00. The van der Waals surface area contributed by atoms with Gasteiger partial charge in [0.05, 0.1) is 13.2 Å². The molecule has 0 bridgehead atoms. The molecule has 4 heteroatoms. The Hall–Kier alpha value is 0.230. The van der Waals surface area contributed by atoms with E-state index in [2.05, 4.69) is 35.7 Å². The number of ether oxygens (including phenoxy) is 1. The van der Waals surface area contributed by atoms with Crippen molar-refractivity contribution < 1.29 is 4.74 Å². The zero-order chi connectivity index (χ0) is 10.2. The van der Waals surface area contributed by atoms with Crippen LogP contribution in [0.2, 0.25) is 0 Å². The molecule has 2 heterocycles. The minimum atomic E-state index is 0.913. The van der Waals surface area contributed by atoms with E-state index >= 15 is 0 Å². The number of hydrogen-bond donors (Lipinski definition) is 0. The summed E-state index contributed by atoms with van der Waals surface area (Å²) in [5.74, 6) is 2.66. The van der Waals surface area contributed by atoms with Gasteiger partial charge in [0.1, 0.15) is 0 Å². The van der Waals surface area contributed by atoms with Crippen LogP contribution in [0.4, 0.5) is 0 Å². The van der Waals surface area contributed by atoms with Crippen molar-refractivity contribution in [3.63, 3.8) is 0 Å². The lowest BCUT2D eigenvalue weighted by Gasteiger charge is -2.21. The van der Waals surface area contributed by atoms with Crippen molar-refractivity contribution in [1.82, 2.24) is 9.80 Å². The SMILES string of the molecule is CN1CCOCC1.CN1CCSCC1. The van der Waals surface area contributed by atoms with Gasteiger partial charge in [0.2, 0.25) is 0 Å². The summed E-state index contributed by atoms with van der Waals surface area (Å²) in [7, 11) is 4.29. The molecule has 0 aromatic carbocycles. The maximum Gasteiger partial charge on any atom is 0.0594 e. The Kier molecular flexibility index (Phi) is 6.60. The Labute approximate surface area is 91.8 Å². The van der Waals surface area contributed by atoms with Crippen LogP contribution in [0.3, 0.4) is 0 Å². The lowest BCUT2D eigenvalue weighted by Crippen LogP contribution is -2.32. The summed E-state index contributed by atoms with van der Waals surface area (Å²) in [4.78, 5) is 4.64. The first-order valence-electron chi connectivity index (χ1n) is 5.31. The minimum Gasteiger partial charge on any atom is -0.379 e. The molecule has 2 aliphatic heterocycles. The number of likely N-dealkylation sites (N-methyl/N-ethyl adjacent to an activating group) is 1. The van der Waals surface area contributed by atoms with E-state index in [-0.39, 0.29) is 0 Å². The highest BCUT2D eigenvalue weighted by molar-refractivity contribution is 7.99. The minimum absolute atomic E-state index is 0.913. The quantitative estimate of drug-likeness (QED) is 0.592. The van der Waals surface area contributed by atoms with E-state index in [0.29, 0.717) is 0 Å². The molecule has 2 fully saturated rings. The third-order valence-electron chi connectivity index (χ3n) is 2.47. The van der Waals surface area contributed by atoms with Crippen LogP contribution in [-0.4, -0.2) is 74.8 Å². The zero-order valence-electron chi connectivity index (χ0n) is 9.37. The fourth-order valence-corrected chi connectivity index (χ4v) is 2.39. The van der Waals surface area contributed by atoms with E-state index in [4.69, 9.17) is 4.74 Å². The second kappa shape index (κ2) is 7.51. The van der Waals surface area contributed by atoms with Crippen molar-refractivity contribution in [3.8, 4) is 0 Å². The van der Waals surface area contributed by atoms with Crippen molar-refractivity contribution in [3.05, 3.63) is 0 Å². The molecule has 0 atom stereocenters. The predicted octanol–water partition coefficient (Wildman–Crippen LogP) is 0.613. The summed E-state index contributed by atoms with van der Waals surface area (Å²) >= 11 is 2.06. The second-order valence-electron chi connectivity index (χ2n) is 3.83. The molecule has 0 aliphatic carbocycles. The molecule has 2 saturated heterocycles. The summed E-state index contributed by atoms with van der Waals surface area (Å²) in [6, 6.07) is 0. The zero-order valence-corrected chi connectivity index (χ0v) is 10.2. The Morgan fingerprint density at radius 2 is 1.36 bits per heavy atom. The molecule has 0 aromatic heterocycles. The van der Waals surface area contributed by atoms with Gasteiger partial charge in [0.25, 0.3) is 0 Å². The molecule has 0 saturated carbocycles. The third kappa shape index (κ3) is 5.86. The monoisotopic (exact) mass is 218 g/mol. The van der Waals surface area contributed by atoms with E-state index in [0.717, 1.165) is 26.3 Å². The van der Waals surface area contributed by atoms with Crippen LogP contribution in [0.15, 0.2) is 0 Å². The van der Waals surface area contributed by atoms with Gasteiger partial charge in [-0.25, -0.2) is 0 Å². The van der Waals surface area contributed by atoms with E-state index in [1.807, 2.05) is 0 Å². The van der Waals surface area contributed by atoms with Gasteiger partial charge in [0, 0.05) is 37.7 Å². The molecule has 0 radical (unpaired) electrons. The number of morpholine rings is 1. The van der Waals surface area contributed by atoms with Crippen LogP contribution in [-0.2, 0) is 4.74 Å². The Morgan fingerprint density at radius 3 is 1.64 bits per heavy atom. The van der Waals surface area contributed by atoms with E-state index < -0.39 is 0 Å². The van der Waals surface area contributed by atoms with Crippen LogP contribution in [0.1, 0.15) is 0 Å². The Bertz CT molecular complexity index is 118. The van der Waals surface area contributed by atoms with Gasteiger partial charge in [-0.05, 0) is 14.1 Å². The average molecular weight is 218 g/mol. The van der Waals surface area contributed by atoms with E-state index in [9.17, 15) is 0 Å². The number of nitrogens with zero attached hydrogens (tertiary/aromatic N) is 2. The molecule has 3 nitrogen and oxygen atoms in total. The largest absolute Gasteiger partial charge is 0.379 e. The molecule has 0 N–H and O–H groups in total. The maximum atomic E-state index is 5.10. The van der Waals surface area contributed by atoms with Gasteiger partial charge in [-0.15, -0.1) is 0 Å². The van der Waals surface area contributed by atoms with Crippen LogP contribution in [0.25, 0.3) is 0 Å². The molecular weight excluding hydrogens is 196 g/mol. The van der Waals surface area contributed by atoms with Gasteiger partial charge in [0.15, 0.2) is 0 Å². The van der Waals surface area contributed by atoms with Gasteiger partial charge < -0.3 is 14.5 Å². The summed E-state index contributed by atoms with van der Waals surface area (Å²) in [6.45, 7) is 6.59. The van der Waals surface area contributed by atoms with Crippen molar-refractivity contribution in [1.29, 1.82) is 0 Å². The highest BCUT2D eigenvalue weighted by Crippen LogP contribution is 2.05. The number of rotatable bonds is 0. The predicted molar refractivity (Wildman–Crippen MR) is 63.1 cm³/mol. The molecule has 2 aliphatic rings. The van der Waals surface area contributed by atoms with Gasteiger partial charge in [-0.2, -0.15) is 11.8 Å². The fourth-order valence-electron chi connectivity index (χ4n) is 1.31. The Morgan fingerprint density at radius 1 is 0.857 bits per heavy atom. The van der Waals surface area contributed by atoms with Crippen molar-refractivity contribution in [2.45, 2.75) is 0 Å². The van der Waals surface area contributed by atoms with Gasteiger partial charge in [-0.1, -0.05) is 0 Å². The number of hydrogen-bond acceptors (Lipinski definition) is 4. The normalized spacial score (nSPS) is 25.3. The molecule has 0 amide bonds. The first-order chi connectivity index (χ1) is 6.79. The van der Waals surface area contributed by atoms with Crippen molar-refractivity contribution in [2.75, 3.05) is 65.0 Å². The molecule has 84 valence electrons. The van der Waals surface area contributed by atoms with Crippen LogP contribution in [0.5, 0.6) is 0 Å². The van der Waals surface area contributed by atoms with Crippen LogP contribution >= 0.6 is 11.8 Å². The topological polar surface area (TPSA) is 15.7 Å². The summed E-state index contributed by atoms with van der Waals surface area (Å²) in [5.41, 5.74) is 0. The second-order valence-corrected chi connectivity index (χ2v) is 5.06. The maximum absolute atomic E-state index is 5.10. The standard InChI is InChI=1S/C5H11NO.C5H11NS/c2*1-6-2-4-7-5-3-6/h2*2-5H2,1H3. The number of thioether (sulfide) groups is 1. The molecule has 14 heavy (non-hydrogen) atoms. The molecule has 0 unspecified atom stereocenters. The molecule has 0 aromatic rings. The smallest absolute Gasteiger partial charge is 0.0594 e. The van der Waals surface area contributed by atoms with Gasteiger partial charge in [-0.3, -0.25) is 0 Å². The summed E-state index contributed by atoms with van der Waals surface area (Å²) < 4.78 is 5.10. The average Bonchev–Trinajstić information content (AvgIpc) is 2.21. The molecule has 0 spiro atoms. The van der Waals surface area contributed by atoms with Crippen LogP contribution < -0.4 is 0 Å².